The Morgan fingerprint density at radius 1 is 1.57 bits per heavy atom. The minimum Gasteiger partial charge on any atom is -0.387 e. The van der Waals surface area contributed by atoms with Gasteiger partial charge in [0.2, 0.25) is 0 Å². The minimum absolute atomic E-state index is 0.0182. The van der Waals surface area contributed by atoms with Gasteiger partial charge in [0, 0.05) is 12.6 Å². The van der Waals surface area contributed by atoms with E-state index in [-0.39, 0.29) is 17.7 Å². The van der Waals surface area contributed by atoms with Crippen LogP contribution in [0.15, 0.2) is 12.3 Å². The number of aromatic nitrogens is 1. The molecule has 0 bridgehead atoms. The number of nitrogens with zero attached hydrogens (tertiary/aromatic N) is 1. The number of amides is 1. The van der Waals surface area contributed by atoms with Gasteiger partial charge in [-0.05, 0) is 26.8 Å². The number of primary amides is 1. The predicted molar refractivity (Wildman–Crippen MR) is 76.7 cm³/mol. The number of halogens is 2. The molecule has 0 unspecified atom stereocenters. The molecule has 1 aromatic rings. The molecule has 0 radical (unpaired) electrons. The Hall–Kier alpha value is -1.76. The van der Waals surface area contributed by atoms with Gasteiger partial charge in [-0.3, -0.25) is 9.78 Å². The summed E-state index contributed by atoms with van der Waals surface area (Å²) in [6.45, 7) is 3.62. The number of carbonyl (C=O) groups excluding carboxylic acids is 1. The lowest BCUT2D eigenvalue weighted by atomic mass is 9.96. The Labute approximate surface area is 122 Å². The maximum atomic E-state index is 14.0. The zero-order valence-electron chi connectivity index (χ0n) is 12.4. The lowest BCUT2D eigenvalue weighted by Crippen LogP contribution is -2.35. The normalized spacial score (nSPS) is 14.6. The number of hydrogen-bond donors (Lipinski definition) is 3. The second kappa shape index (κ2) is 6.80. The summed E-state index contributed by atoms with van der Waals surface area (Å²) in [5, 5.41) is 12.4. The van der Waals surface area contributed by atoms with Gasteiger partial charge in [-0.15, -0.1) is 0 Å². The van der Waals surface area contributed by atoms with Crippen molar-refractivity contribution in [2.75, 3.05) is 12.0 Å². The van der Waals surface area contributed by atoms with Crippen molar-refractivity contribution in [3.05, 3.63) is 23.5 Å². The van der Waals surface area contributed by atoms with Gasteiger partial charge in [0.05, 0.1) is 28.6 Å². The fraction of sp³-hybridized carbons (Fsp3) is 0.571. The van der Waals surface area contributed by atoms with E-state index < -0.39 is 30.4 Å². The number of pyridine rings is 1. The molecule has 0 fully saturated rings. The Morgan fingerprint density at radius 2 is 2.19 bits per heavy atom. The topological polar surface area (TPSA) is 88.2 Å². The second-order valence-electron chi connectivity index (χ2n) is 5.57. The maximum absolute atomic E-state index is 14.0. The highest BCUT2D eigenvalue weighted by atomic mass is 19.1. The highest BCUT2D eigenvalue weighted by molar-refractivity contribution is 5.99. The van der Waals surface area contributed by atoms with Crippen LogP contribution < -0.4 is 11.1 Å². The predicted octanol–water partition coefficient (Wildman–Crippen LogP) is 1.60. The van der Waals surface area contributed by atoms with E-state index in [1.54, 1.807) is 6.92 Å². The van der Waals surface area contributed by atoms with Crippen LogP contribution in [0, 0.1) is 0 Å². The number of anilines is 1. The van der Waals surface area contributed by atoms with E-state index in [0.717, 1.165) is 0 Å². The molecule has 2 atom stereocenters. The van der Waals surface area contributed by atoms with Crippen molar-refractivity contribution in [3.63, 3.8) is 0 Å². The molecule has 0 aliphatic heterocycles. The Morgan fingerprint density at radius 3 is 2.67 bits per heavy atom. The molecule has 118 valence electrons. The van der Waals surface area contributed by atoms with Crippen LogP contribution in [-0.2, 0) is 6.42 Å². The van der Waals surface area contributed by atoms with Crippen LogP contribution >= 0.6 is 0 Å². The van der Waals surface area contributed by atoms with E-state index in [4.69, 9.17) is 5.73 Å². The Bertz CT molecular complexity index is 503. The summed E-state index contributed by atoms with van der Waals surface area (Å²) in [4.78, 5) is 15.6. The molecule has 4 N–H and O–H groups in total. The van der Waals surface area contributed by atoms with Crippen molar-refractivity contribution in [2.45, 2.75) is 45.0 Å². The Kier molecular flexibility index (Phi) is 5.60. The third-order valence-electron chi connectivity index (χ3n) is 3.05. The average molecular weight is 301 g/mol. The van der Waals surface area contributed by atoms with Gasteiger partial charge in [-0.2, -0.15) is 0 Å². The summed E-state index contributed by atoms with van der Waals surface area (Å²) in [6, 6.07) is 0.960. The van der Waals surface area contributed by atoms with Gasteiger partial charge in [0.15, 0.2) is 0 Å². The van der Waals surface area contributed by atoms with Gasteiger partial charge in [-0.25, -0.2) is 8.78 Å². The van der Waals surface area contributed by atoms with Crippen LogP contribution in [0.2, 0.25) is 0 Å². The number of rotatable bonds is 7. The van der Waals surface area contributed by atoms with Gasteiger partial charge in [0.25, 0.3) is 5.91 Å². The third kappa shape index (κ3) is 4.63. The van der Waals surface area contributed by atoms with Crippen molar-refractivity contribution in [3.8, 4) is 0 Å². The molecule has 1 rings (SSSR count). The molecule has 0 aliphatic carbocycles. The molecule has 5 nitrogen and oxygen atoms in total. The summed E-state index contributed by atoms with van der Waals surface area (Å²) in [6.07, 6.45) is -0.495. The largest absolute Gasteiger partial charge is 0.387 e. The molecule has 0 aromatic carbocycles. The van der Waals surface area contributed by atoms with E-state index in [9.17, 15) is 18.7 Å². The number of nitrogens with two attached hydrogens (primary N) is 1. The number of carbonyl (C=O) groups is 1. The van der Waals surface area contributed by atoms with Crippen LogP contribution in [0.4, 0.5) is 14.5 Å². The fourth-order valence-electron chi connectivity index (χ4n) is 1.78. The number of hydrogen-bond acceptors (Lipinski definition) is 4. The first-order valence-corrected chi connectivity index (χ1v) is 6.63. The lowest BCUT2D eigenvalue weighted by Gasteiger charge is -2.23. The zero-order chi connectivity index (χ0) is 16.2. The third-order valence-corrected chi connectivity index (χ3v) is 3.05. The van der Waals surface area contributed by atoms with E-state index >= 15 is 0 Å². The first-order valence-electron chi connectivity index (χ1n) is 6.63. The number of aliphatic hydroxyl groups is 1. The highest BCUT2D eigenvalue weighted by Crippen LogP contribution is 2.23. The highest BCUT2D eigenvalue weighted by Gasteiger charge is 2.29. The maximum Gasteiger partial charge on any atom is 0.252 e. The zero-order valence-corrected chi connectivity index (χ0v) is 12.4. The molecule has 0 saturated heterocycles. The molecule has 0 saturated carbocycles. The van der Waals surface area contributed by atoms with Crippen LogP contribution in [0.3, 0.4) is 0 Å². The minimum atomic E-state index is -1.61. The van der Waals surface area contributed by atoms with Gasteiger partial charge < -0.3 is 16.2 Å². The fourth-order valence-corrected chi connectivity index (χ4v) is 1.78. The molecule has 0 spiro atoms. The van der Waals surface area contributed by atoms with Crippen LogP contribution in [-0.4, -0.2) is 40.5 Å². The molecule has 1 heterocycles. The van der Waals surface area contributed by atoms with Crippen molar-refractivity contribution in [1.82, 2.24) is 4.98 Å². The molecule has 21 heavy (non-hydrogen) atoms. The molecule has 1 amide bonds. The van der Waals surface area contributed by atoms with E-state index in [0.29, 0.717) is 5.69 Å². The number of alkyl halides is 2. The average Bonchev–Trinajstić information content (AvgIpc) is 2.37. The van der Waals surface area contributed by atoms with E-state index in [2.05, 4.69) is 10.3 Å². The molecular weight excluding hydrogens is 280 g/mol. The van der Waals surface area contributed by atoms with Crippen LogP contribution in [0.25, 0.3) is 0 Å². The van der Waals surface area contributed by atoms with Gasteiger partial charge >= 0.3 is 0 Å². The summed E-state index contributed by atoms with van der Waals surface area (Å²) in [7, 11) is 0. The van der Waals surface area contributed by atoms with Crippen molar-refractivity contribution in [1.29, 1.82) is 0 Å². The summed E-state index contributed by atoms with van der Waals surface area (Å²) in [5.74, 6) is -0.783. The van der Waals surface area contributed by atoms with Crippen LogP contribution in [0.5, 0.6) is 0 Å². The lowest BCUT2D eigenvalue weighted by molar-refractivity contribution is -0.00307. The molecule has 0 aliphatic rings. The molecule has 1 aromatic heterocycles. The molecular formula is C14H21F2N3O2. The quantitative estimate of drug-likeness (QED) is 0.714. The first-order chi connectivity index (χ1) is 9.66. The second-order valence-corrected chi connectivity index (χ2v) is 5.57. The van der Waals surface area contributed by atoms with Crippen molar-refractivity contribution >= 4 is 11.6 Å². The summed E-state index contributed by atoms with van der Waals surface area (Å²) in [5.41, 5.74) is 4.21. The summed E-state index contributed by atoms with van der Waals surface area (Å²) < 4.78 is 26.6. The molecule has 7 heteroatoms. The van der Waals surface area contributed by atoms with Gasteiger partial charge in [-0.1, -0.05) is 0 Å². The monoisotopic (exact) mass is 301 g/mol. The number of nitrogens with one attached hydrogen (secondary N) is 1. The van der Waals surface area contributed by atoms with Crippen molar-refractivity contribution in [2.24, 2.45) is 5.73 Å². The smallest absolute Gasteiger partial charge is 0.252 e. The van der Waals surface area contributed by atoms with Gasteiger partial charge in [0.1, 0.15) is 12.8 Å². The van der Waals surface area contributed by atoms with Crippen molar-refractivity contribution < 1.29 is 18.7 Å². The van der Waals surface area contributed by atoms with E-state index in [1.807, 2.05) is 0 Å². The summed E-state index contributed by atoms with van der Waals surface area (Å²) >= 11 is 0. The standard InChI is InChI=1S/C14H21F2N3O2/c1-8(7-15)19-9-4-5-18-10(12(9)13(17)20)6-11(16)14(2,3)21/h4-5,8,11,21H,6-7H2,1-3H3,(H2,17,20)(H,18,19)/t8-,11-/m1/s1. The van der Waals surface area contributed by atoms with Crippen LogP contribution in [0.1, 0.15) is 36.8 Å². The first kappa shape index (κ1) is 17.3. The SMILES string of the molecule is C[C@H](CF)Nc1ccnc(C[C@@H](F)C(C)(C)O)c1C(N)=O. The van der Waals surface area contributed by atoms with E-state index in [1.165, 1.54) is 26.1 Å². The Balaban J connectivity index is 3.15.